The van der Waals surface area contributed by atoms with E-state index in [9.17, 15) is 56.8 Å². The molecule has 0 aliphatic rings. The van der Waals surface area contributed by atoms with E-state index in [0.29, 0.717) is 29.9 Å². The first-order valence-electron chi connectivity index (χ1n) is 11.1. The van der Waals surface area contributed by atoms with Gasteiger partial charge in [-0.15, -0.1) is 26.3 Å². The second-order valence-corrected chi connectivity index (χ2v) is 14.2. The summed E-state index contributed by atoms with van der Waals surface area (Å²) in [5, 5.41) is 1.41. The smallest absolute Gasteiger partial charge is 0.673 e. The Labute approximate surface area is 241 Å². The Morgan fingerprint density at radius 3 is 1.07 bits per heavy atom. The van der Waals surface area contributed by atoms with Crippen LogP contribution in [0.3, 0.4) is 0 Å². The number of rotatable bonds is 0. The molecule has 0 saturated heterocycles. The van der Waals surface area contributed by atoms with Gasteiger partial charge in [0.25, 0.3) is 0 Å². The highest BCUT2D eigenvalue weighted by Crippen LogP contribution is 2.51. The Morgan fingerprint density at radius 2 is 0.860 bits per heavy atom. The zero-order valence-corrected chi connectivity index (χ0v) is 24.5. The van der Waals surface area contributed by atoms with E-state index in [1.54, 1.807) is 50.2 Å². The fraction of sp³-hybridized carbons (Fsp3) is 0.304. The third kappa shape index (κ3) is 11.8. The molecule has 0 fully saturated rings. The molecule has 2 aromatic carbocycles. The number of hydrogen-bond acceptors (Lipinski definition) is 3. The molecule has 3 nitrogen and oxygen atoms in total. The number of hydrogen-bond donors (Lipinski definition) is 0. The molecule has 4 aromatic rings. The molecule has 4 rings (SSSR count). The largest absolute Gasteiger partial charge is 0.741 e. The topological polar surface area (TPSA) is 57.2 Å². The summed E-state index contributed by atoms with van der Waals surface area (Å²) >= 11 is 0. The average Bonchev–Trinajstić information content (AvgIpc) is 3.26. The highest BCUT2D eigenvalue weighted by Gasteiger charge is 2.47. The minimum Gasteiger partial charge on any atom is -0.741 e. The quantitative estimate of drug-likeness (QED) is 0.0604. The second kappa shape index (κ2) is 13.6. The lowest BCUT2D eigenvalue weighted by atomic mass is 10.2. The van der Waals surface area contributed by atoms with Crippen molar-refractivity contribution in [3.05, 3.63) is 69.4 Å². The second-order valence-electron chi connectivity index (χ2n) is 8.49. The van der Waals surface area contributed by atoms with Gasteiger partial charge in [-0.2, -0.15) is 13.2 Å². The Kier molecular flexibility index (Phi) is 12.2. The van der Waals surface area contributed by atoms with Crippen molar-refractivity contribution in [3.63, 3.8) is 0 Å². The van der Waals surface area contributed by atoms with Gasteiger partial charge in [0.05, 0.1) is 20.9 Å². The Bertz CT molecular complexity index is 1550. The van der Waals surface area contributed by atoms with Gasteiger partial charge in [-0.3, -0.25) is 0 Å². The molecular formula is C23H20BF13O3S3. The number of benzene rings is 2. The van der Waals surface area contributed by atoms with Gasteiger partial charge in [0.2, 0.25) is 0 Å². The van der Waals surface area contributed by atoms with Crippen LogP contribution in [0.15, 0.2) is 48.5 Å². The van der Waals surface area contributed by atoms with E-state index in [0.717, 1.165) is 11.1 Å². The van der Waals surface area contributed by atoms with Crippen LogP contribution in [-0.2, 0) is 21.1 Å². The normalized spacial score (nSPS) is 13.4. The standard InChI is InChI=1S/2C11H10F3S.CHF3O3S.BF4/c2*1-7-3-4-9-6-8(2)15(10(9)5-7)11(12,13)14;2-1(3,4)8(5,6)7;2-1(3,4)5/h2*3-6H,1-2H3;(H,5,6,7);/q2*+1;;-1/p-1. The first-order chi connectivity index (χ1) is 19.0. The lowest BCUT2D eigenvalue weighted by Crippen LogP contribution is -2.21. The highest BCUT2D eigenvalue weighted by atomic mass is 32.2. The SMILES string of the molecule is Cc1ccc2cc(C)[s+](C(F)(F)F)c2c1.Cc1ccc2cc(C)[s+](C(F)(F)F)c2c1.F[B-](F)(F)F.O=S(=O)([O-])C(F)(F)F. The maximum Gasteiger partial charge on any atom is 0.673 e. The van der Waals surface area contributed by atoms with Crippen molar-refractivity contribution < 1.29 is 69.7 Å². The van der Waals surface area contributed by atoms with Gasteiger partial charge in [0.1, 0.15) is 0 Å². The van der Waals surface area contributed by atoms with Gasteiger partial charge in [-0.1, -0.05) is 12.1 Å². The van der Waals surface area contributed by atoms with Gasteiger partial charge in [-0.25, -0.2) is 8.42 Å². The van der Waals surface area contributed by atoms with Crippen molar-refractivity contribution in [3.8, 4) is 0 Å². The fourth-order valence-corrected chi connectivity index (χ4v) is 7.14. The predicted octanol–water partition coefficient (Wildman–Crippen LogP) is 10.7. The highest BCUT2D eigenvalue weighted by molar-refractivity contribution is 7.86. The van der Waals surface area contributed by atoms with E-state index in [4.69, 9.17) is 13.0 Å². The van der Waals surface area contributed by atoms with Crippen LogP contribution in [0.2, 0.25) is 0 Å². The predicted molar refractivity (Wildman–Crippen MR) is 140 cm³/mol. The van der Waals surface area contributed by atoms with Crippen LogP contribution in [0, 0.1) is 27.7 Å². The van der Waals surface area contributed by atoms with E-state index in [1.165, 1.54) is 0 Å². The molecule has 0 spiro atoms. The molecular weight excluding hydrogens is 678 g/mol. The fourth-order valence-electron chi connectivity index (χ4n) is 3.39. The van der Waals surface area contributed by atoms with Gasteiger partial charge in [-0.05, 0) is 37.1 Å². The van der Waals surface area contributed by atoms with Crippen LogP contribution in [0.25, 0.3) is 20.2 Å². The number of aryl methyl sites for hydroxylation is 4. The van der Waals surface area contributed by atoms with Gasteiger partial charge in [0, 0.05) is 48.9 Å². The number of thiophene rings is 2. The van der Waals surface area contributed by atoms with Crippen LogP contribution in [0.4, 0.5) is 56.8 Å². The van der Waals surface area contributed by atoms with Crippen LogP contribution < -0.4 is 0 Å². The van der Waals surface area contributed by atoms with E-state index < -0.39 is 54.8 Å². The van der Waals surface area contributed by atoms with Crippen molar-refractivity contribution in [1.29, 1.82) is 0 Å². The van der Waals surface area contributed by atoms with Crippen molar-refractivity contribution in [2.45, 2.75) is 44.2 Å². The summed E-state index contributed by atoms with van der Waals surface area (Å²) < 4.78 is 175. The zero-order valence-electron chi connectivity index (χ0n) is 22.1. The first kappa shape index (κ1) is 38.4. The molecule has 0 amide bonds. The molecule has 0 bridgehead atoms. The molecule has 0 aliphatic heterocycles. The maximum absolute atomic E-state index is 12.8. The summed E-state index contributed by atoms with van der Waals surface area (Å²) in [6, 6.07) is 13.7. The molecule has 0 aliphatic carbocycles. The van der Waals surface area contributed by atoms with E-state index in [2.05, 4.69) is 0 Å². The number of fused-ring (bicyclic) bond motifs is 2. The van der Waals surface area contributed by atoms with Crippen molar-refractivity contribution >= 4 is 58.5 Å². The minimum absolute atomic E-state index is 0.406. The molecule has 0 saturated carbocycles. The summed E-state index contributed by atoms with van der Waals surface area (Å²) in [4.78, 5) is 0.811. The van der Waals surface area contributed by atoms with Crippen LogP contribution >= 0.6 is 20.9 Å². The first-order valence-corrected chi connectivity index (χ1v) is 15.0. The average molecular weight is 698 g/mol. The molecule has 20 heteroatoms. The summed E-state index contributed by atoms with van der Waals surface area (Å²) in [7, 11) is -15.5. The third-order valence-electron chi connectivity index (χ3n) is 4.89. The molecule has 0 N–H and O–H groups in total. The third-order valence-corrected chi connectivity index (χ3v) is 9.49. The maximum atomic E-state index is 12.8. The molecule has 2 aromatic heterocycles. The monoisotopic (exact) mass is 698 g/mol. The summed E-state index contributed by atoms with van der Waals surface area (Å²) in [5.41, 5.74) is -12.2. The molecule has 43 heavy (non-hydrogen) atoms. The number of halogens is 13. The van der Waals surface area contributed by atoms with E-state index in [1.807, 2.05) is 26.0 Å². The summed E-state index contributed by atoms with van der Waals surface area (Å²) in [6.45, 7) is 6.72. The zero-order chi connectivity index (χ0) is 33.9. The van der Waals surface area contributed by atoms with E-state index in [-0.39, 0.29) is 0 Å². The molecule has 2 atom stereocenters. The van der Waals surface area contributed by atoms with Gasteiger partial charge >= 0.3 is 23.8 Å². The Balaban J connectivity index is 0.000000311. The van der Waals surface area contributed by atoms with Crippen molar-refractivity contribution in [1.82, 2.24) is 0 Å². The van der Waals surface area contributed by atoms with Gasteiger partial charge < -0.3 is 21.8 Å². The summed E-state index contributed by atoms with van der Waals surface area (Å²) in [6.07, 6.45) is 0. The Morgan fingerprint density at radius 1 is 0.605 bits per heavy atom. The van der Waals surface area contributed by atoms with E-state index >= 15 is 0 Å². The van der Waals surface area contributed by atoms with Crippen molar-refractivity contribution in [2.24, 2.45) is 0 Å². The molecule has 2 heterocycles. The van der Waals surface area contributed by atoms with Gasteiger partial charge in [0.15, 0.2) is 29.3 Å². The molecule has 0 radical (unpaired) electrons. The Hall–Kier alpha value is -2.58. The molecule has 2 unspecified atom stereocenters. The van der Waals surface area contributed by atoms with Crippen LogP contribution in [-0.4, -0.2) is 25.7 Å². The lowest BCUT2D eigenvalue weighted by Gasteiger charge is -2.08. The van der Waals surface area contributed by atoms with Crippen LogP contribution in [0.5, 0.6) is 0 Å². The summed E-state index contributed by atoms with van der Waals surface area (Å²) in [5.74, 6) is 0. The minimum atomic E-state index is -6.09. The van der Waals surface area contributed by atoms with Crippen LogP contribution in [0.1, 0.15) is 20.9 Å². The lowest BCUT2D eigenvalue weighted by molar-refractivity contribution is -0.0875. The molecule has 242 valence electrons. The van der Waals surface area contributed by atoms with Crippen molar-refractivity contribution in [2.75, 3.05) is 0 Å². The number of alkyl halides is 9.